The number of aliphatic hydroxyl groups is 1. The molecule has 112 valence electrons. The Balaban J connectivity index is 1.80. The standard InChI is InChI=1S/C17H28N2O/c1-2-10-19(12-15-8-9-15)13-17(20)16(18)11-14-6-4-3-5-7-14/h3-7,15-17,20H,2,8-13,18H2,1H3. The molecular weight excluding hydrogens is 248 g/mol. The number of nitrogens with zero attached hydrogens (tertiary/aromatic N) is 1. The van der Waals surface area contributed by atoms with Crippen LogP contribution in [0.15, 0.2) is 30.3 Å². The van der Waals surface area contributed by atoms with Crippen LogP contribution in [0.4, 0.5) is 0 Å². The smallest absolute Gasteiger partial charge is 0.0820 e. The van der Waals surface area contributed by atoms with Crippen molar-refractivity contribution in [2.24, 2.45) is 11.7 Å². The Morgan fingerprint density at radius 1 is 1.30 bits per heavy atom. The molecule has 0 aromatic heterocycles. The Labute approximate surface area is 122 Å². The average molecular weight is 276 g/mol. The predicted octanol–water partition coefficient (Wildman–Crippen LogP) is 2.04. The first-order valence-corrected chi connectivity index (χ1v) is 7.89. The molecule has 3 N–H and O–H groups in total. The number of hydrogen-bond donors (Lipinski definition) is 2. The van der Waals surface area contributed by atoms with Crippen LogP contribution in [0.1, 0.15) is 31.7 Å². The summed E-state index contributed by atoms with van der Waals surface area (Å²) in [7, 11) is 0. The van der Waals surface area contributed by atoms with E-state index in [9.17, 15) is 5.11 Å². The Morgan fingerprint density at radius 3 is 2.60 bits per heavy atom. The van der Waals surface area contributed by atoms with Gasteiger partial charge in [-0.15, -0.1) is 0 Å². The molecule has 1 saturated carbocycles. The molecule has 3 nitrogen and oxygen atoms in total. The average Bonchev–Trinajstić information content (AvgIpc) is 3.24. The van der Waals surface area contributed by atoms with E-state index < -0.39 is 6.10 Å². The highest BCUT2D eigenvalue weighted by molar-refractivity contribution is 5.16. The zero-order valence-corrected chi connectivity index (χ0v) is 12.5. The first kappa shape index (κ1) is 15.5. The molecule has 3 heteroatoms. The lowest BCUT2D eigenvalue weighted by Gasteiger charge is -2.27. The quantitative estimate of drug-likeness (QED) is 0.725. The lowest BCUT2D eigenvalue weighted by molar-refractivity contribution is 0.0885. The van der Waals surface area contributed by atoms with E-state index in [4.69, 9.17) is 5.73 Å². The molecule has 2 unspecified atom stereocenters. The normalized spacial score (nSPS) is 18.2. The van der Waals surface area contributed by atoms with Crippen LogP contribution in [-0.4, -0.2) is 41.8 Å². The second-order valence-electron chi connectivity index (χ2n) is 6.12. The third-order valence-electron chi connectivity index (χ3n) is 4.01. The summed E-state index contributed by atoms with van der Waals surface area (Å²) in [6.45, 7) is 5.09. The van der Waals surface area contributed by atoms with Crippen molar-refractivity contribution >= 4 is 0 Å². The van der Waals surface area contributed by atoms with Gasteiger partial charge in [0.1, 0.15) is 0 Å². The largest absolute Gasteiger partial charge is 0.390 e. The van der Waals surface area contributed by atoms with Crippen molar-refractivity contribution in [3.05, 3.63) is 35.9 Å². The summed E-state index contributed by atoms with van der Waals surface area (Å²) in [4.78, 5) is 2.38. The molecule has 1 aromatic rings. The van der Waals surface area contributed by atoms with E-state index >= 15 is 0 Å². The first-order chi connectivity index (χ1) is 9.69. The number of nitrogens with two attached hydrogens (primary N) is 1. The first-order valence-electron chi connectivity index (χ1n) is 7.89. The minimum absolute atomic E-state index is 0.184. The fraction of sp³-hybridized carbons (Fsp3) is 0.647. The monoisotopic (exact) mass is 276 g/mol. The van der Waals surface area contributed by atoms with Crippen molar-refractivity contribution in [1.29, 1.82) is 0 Å². The van der Waals surface area contributed by atoms with Gasteiger partial charge in [0.2, 0.25) is 0 Å². The van der Waals surface area contributed by atoms with Crippen LogP contribution in [-0.2, 0) is 6.42 Å². The van der Waals surface area contributed by atoms with E-state index in [1.165, 1.54) is 18.4 Å². The molecule has 1 fully saturated rings. The SMILES string of the molecule is CCCN(CC1CC1)CC(O)C(N)Cc1ccccc1. The van der Waals surface area contributed by atoms with Crippen molar-refractivity contribution in [1.82, 2.24) is 4.90 Å². The third kappa shape index (κ3) is 5.23. The van der Waals surface area contributed by atoms with Crippen LogP contribution in [0.5, 0.6) is 0 Å². The van der Waals surface area contributed by atoms with Gasteiger partial charge in [-0.05, 0) is 43.7 Å². The maximum atomic E-state index is 10.3. The van der Waals surface area contributed by atoms with Crippen molar-refractivity contribution in [3.8, 4) is 0 Å². The molecule has 0 heterocycles. The highest BCUT2D eigenvalue weighted by Gasteiger charge is 2.26. The molecule has 0 amide bonds. The van der Waals surface area contributed by atoms with Crippen LogP contribution in [0.3, 0.4) is 0 Å². The number of rotatable bonds is 9. The van der Waals surface area contributed by atoms with Gasteiger partial charge in [-0.2, -0.15) is 0 Å². The van der Waals surface area contributed by atoms with Crippen LogP contribution >= 0.6 is 0 Å². The zero-order chi connectivity index (χ0) is 14.4. The van der Waals surface area contributed by atoms with Gasteiger partial charge in [-0.3, -0.25) is 0 Å². The summed E-state index contributed by atoms with van der Waals surface area (Å²) in [6.07, 6.45) is 4.14. The minimum Gasteiger partial charge on any atom is -0.390 e. The number of benzene rings is 1. The van der Waals surface area contributed by atoms with E-state index in [1.807, 2.05) is 18.2 Å². The number of aliphatic hydroxyl groups excluding tert-OH is 1. The highest BCUT2D eigenvalue weighted by Crippen LogP contribution is 2.29. The van der Waals surface area contributed by atoms with Gasteiger partial charge in [0.15, 0.2) is 0 Å². The van der Waals surface area contributed by atoms with Crippen LogP contribution < -0.4 is 5.73 Å². The van der Waals surface area contributed by atoms with Gasteiger partial charge in [-0.25, -0.2) is 0 Å². The zero-order valence-electron chi connectivity index (χ0n) is 12.5. The van der Waals surface area contributed by atoms with Crippen molar-refractivity contribution < 1.29 is 5.11 Å². The molecule has 1 aliphatic rings. The summed E-state index contributed by atoms with van der Waals surface area (Å²) in [5, 5.41) is 10.3. The van der Waals surface area contributed by atoms with E-state index in [1.54, 1.807) is 0 Å². The van der Waals surface area contributed by atoms with Gasteiger partial charge in [0.05, 0.1) is 6.10 Å². The third-order valence-corrected chi connectivity index (χ3v) is 4.01. The molecule has 0 aliphatic heterocycles. The van der Waals surface area contributed by atoms with Gasteiger partial charge >= 0.3 is 0 Å². The molecule has 0 spiro atoms. The molecule has 0 radical (unpaired) electrons. The molecular formula is C17H28N2O. The summed E-state index contributed by atoms with van der Waals surface area (Å²) >= 11 is 0. The summed E-state index contributed by atoms with van der Waals surface area (Å²) in [5.41, 5.74) is 7.36. The summed E-state index contributed by atoms with van der Waals surface area (Å²) in [5.74, 6) is 0.860. The molecule has 2 atom stereocenters. The topological polar surface area (TPSA) is 49.5 Å². The molecule has 2 rings (SSSR count). The number of hydrogen-bond acceptors (Lipinski definition) is 3. The minimum atomic E-state index is -0.444. The second-order valence-corrected chi connectivity index (χ2v) is 6.12. The van der Waals surface area contributed by atoms with E-state index in [0.717, 1.165) is 31.8 Å². The lowest BCUT2D eigenvalue weighted by atomic mass is 10.0. The van der Waals surface area contributed by atoms with Crippen molar-refractivity contribution in [2.75, 3.05) is 19.6 Å². The Bertz CT molecular complexity index is 378. The van der Waals surface area contributed by atoms with E-state index in [0.29, 0.717) is 6.54 Å². The van der Waals surface area contributed by atoms with Gasteiger partial charge in [0.25, 0.3) is 0 Å². The Morgan fingerprint density at radius 2 is 2.00 bits per heavy atom. The van der Waals surface area contributed by atoms with E-state index in [2.05, 4.69) is 24.0 Å². The highest BCUT2D eigenvalue weighted by atomic mass is 16.3. The molecule has 20 heavy (non-hydrogen) atoms. The maximum absolute atomic E-state index is 10.3. The summed E-state index contributed by atoms with van der Waals surface area (Å²) < 4.78 is 0. The van der Waals surface area contributed by atoms with Gasteiger partial charge in [0, 0.05) is 19.1 Å². The van der Waals surface area contributed by atoms with E-state index in [-0.39, 0.29) is 6.04 Å². The Kier molecular flexibility index (Phi) is 6.02. The second kappa shape index (κ2) is 7.77. The maximum Gasteiger partial charge on any atom is 0.0820 e. The van der Waals surface area contributed by atoms with Crippen LogP contribution in [0.2, 0.25) is 0 Å². The fourth-order valence-electron chi connectivity index (χ4n) is 2.66. The van der Waals surface area contributed by atoms with Crippen molar-refractivity contribution in [2.45, 2.75) is 44.8 Å². The predicted molar refractivity (Wildman–Crippen MR) is 83.6 cm³/mol. The summed E-state index contributed by atoms with van der Waals surface area (Å²) in [6, 6.07) is 10.00. The van der Waals surface area contributed by atoms with Gasteiger partial charge in [-0.1, -0.05) is 37.3 Å². The molecule has 0 bridgehead atoms. The fourth-order valence-corrected chi connectivity index (χ4v) is 2.66. The van der Waals surface area contributed by atoms with Crippen molar-refractivity contribution in [3.63, 3.8) is 0 Å². The lowest BCUT2D eigenvalue weighted by Crippen LogP contribution is -2.45. The molecule has 1 aromatic carbocycles. The Hall–Kier alpha value is -0.900. The van der Waals surface area contributed by atoms with Crippen LogP contribution in [0.25, 0.3) is 0 Å². The van der Waals surface area contributed by atoms with Gasteiger partial charge < -0.3 is 15.7 Å². The molecule has 1 aliphatic carbocycles. The molecule has 0 saturated heterocycles. The van der Waals surface area contributed by atoms with Crippen LogP contribution in [0, 0.1) is 5.92 Å².